The molecule has 0 amide bonds. The number of nitrogens with zero attached hydrogens (tertiary/aromatic N) is 3. The van der Waals surface area contributed by atoms with Gasteiger partial charge in [-0.25, -0.2) is 9.97 Å². The Balaban J connectivity index is 0.000000198. The lowest BCUT2D eigenvalue weighted by molar-refractivity contribution is 0.0548. The Morgan fingerprint density at radius 3 is 1.90 bits per heavy atom. The average Bonchev–Trinajstić information content (AvgIpc) is 2.39. The summed E-state index contributed by atoms with van der Waals surface area (Å²) in [5.74, 6) is 3.26. The van der Waals surface area contributed by atoms with E-state index >= 15 is 0 Å². The van der Waals surface area contributed by atoms with Gasteiger partial charge in [-0.2, -0.15) is 0 Å². The highest BCUT2D eigenvalue weighted by Crippen LogP contribution is 2.49. The summed E-state index contributed by atoms with van der Waals surface area (Å²) >= 11 is 3.43. The number of fused-ring (bicyclic) bond motifs is 1. The van der Waals surface area contributed by atoms with Crippen LogP contribution in [-0.4, -0.2) is 28.4 Å². The molecule has 1 heterocycles. The van der Waals surface area contributed by atoms with E-state index < -0.39 is 0 Å². The van der Waals surface area contributed by atoms with Crippen molar-refractivity contribution in [2.75, 3.05) is 23.3 Å². The number of hydrogen-bond acceptors (Lipinski definition) is 3. The third kappa shape index (κ3) is 3.94. The van der Waals surface area contributed by atoms with Crippen LogP contribution in [-0.2, 0) is 0 Å². The van der Waals surface area contributed by atoms with Crippen LogP contribution >= 0.6 is 15.9 Å². The minimum Gasteiger partial charge on any atom is -0.340 e. The molecule has 2 fully saturated rings. The second kappa shape index (κ2) is 7.39. The van der Waals surface area contributed by atoms with Gasteiger partial charge in [-0.1, -0.05) is 15.9 Å². The van der Waals surface area contributed by atoms with Gasteiger partial charge in [0.05, 0.1) is 0 Å². The van der Waals surface area contributed by atoms with E-state index in [-0.39, 0.29) is 0 Å². The highest BCUT2D eigenvalue weighted by molar-refractivity contribution is 9.09. The Bertz CT molecular complexity index is 397. The first-order valence-electron chi connectivity index (χ1n) is 7.77. The van der Waals surface area contributed by atoms with Gasteiger partial charge in [-0.15, -0.1) is 0 Å². The van der Waals surface area contributed by atoms with E-state index in [0.29, 0.717) is 0 Å². The van der Waals surface area contributed by atoms with E-state index in [9.17, 15) is 0 Å². The van der Waals surface area contributed by atoms with Crippen LogP contribution in [0.1, 0.15) is 44.0 Å². The van der Waals surface area contributed by atoms with Crippen molar-refractivity contribution in [2.45, 2.75) is 46.5 Å². The smallest absolute Gasteiger partial charge is 0.225 e. The van der Waals surface area contributed by atoms with Gasteiger partial charge in [0.15, 0.2) is 0 Å². The topological polar surface area (TPSA) is 29.0 Å². The Kier molecular flexibility index (Phi) is 5.82. The van der Waals surface area contributed by atoms with Crippen molar-refractivity contribution >= 4 is 21.9 Å². The van der Waals surface area contributed by atoms with Crippen LogP contribution in [0.15, 0.2) is 6.07 Å². The predicted octanol–water partition coefficient (Wildman–Crippen LogP) is 4.12. The number of rotatable bonds is 4. The average molecular weight is 340 g/mol. The van der Waals surface area contributed by atoms with Crippen molar-refractivity contribution in [2.24, 2.45) is 11.8 Å². The van der Waals surface area contributed by atoms with Gasteiger partial charge >= 0.3 is 0 Å². The van der Waals surface area contributed by atoms with Crippen LogP contribution in [0.25, 0.3) is 0 Å². The SMILES string of the molecule is C1CC2CCC12.CCN(CCBr)c1nc(C)cc(C)n1. The minimum absolute atomic E-state index is 0.837. The lowest BCUT2D eigenvalue weighted by Gasteiger charge is -2.46. The summed E-state index contributed by atoms with van der Waals surface area (Å²) < 4.78 is 0. The maximum absolute atomic E-state index is 4.42. The minimum atomic E-state index is 0.837. The molecule has 112 valence electrons. The molecule has 1 aromatic heterocycles. The third-order valence-electron chi connectivity index (χ3n) is 4.47. The molecule has 0 spiro atoms. The van der Waals surface area contributed by atoms with Crippen molar-refractivity contribution in [1.29, 1.82) is 0 Å². The van der Waals surface area contributed by atoms with Crippen LogP contribution in [0.2, 0.25) is 0 Å². The van der Waals surface area contributed by atoms with Gasteiger partial charge in [-0.05, 0) is 64.4 Å². The summed E-state index contributed by atoms with van der Waals surface area (Å²) in [4.78, 5) is 11.0. The zero-order chi connectivity index (χ0) is 14.5. The fourth-order valence-corrected chi connectivity index (χ4v) is 3.34. The van der Waals surface area contributed by atoms with E-state index in [1.807, 2.05) is 19.9 Å². The Hall–Kier alpha value is -0.640. The number of halogens is 1. The second-order valence-electron chi connectivity index (χ2n) is 5.89. The van der Waals surface area contributed by atoms with Gasteiger partial charge in [0.2, 0.25) is 5.95 Å². The molecule has 0 radical (unpaired) electrons. The molecule has 0 aliphatic heterocycles. The predicted molar refractivity (Wildman–Crippen MR) is 88.6 cm³/mol. The van der Waals surface area contributed by atoms with Crippen molar-refractivity contribution in [1.82, 2.24) is 9.97 Å². The van der Waals surface area contributed by atoms with Gasteiger partial charge in [-0.3, -0.25) is 0 Å². The Morgan fingerprint density at radius 1 is 1.10 bits per heavy atom. The maximum atomic E-state index is 4.42. The molecule has 1 aromatic rings. The molecular formula is C16H26BrN3. The molecular weight excluding hydrogens is 314 g/mol. The molecule has 2 saturated carbocycles. The number of aromatic nitrogens is 2. The van der Waals surface area contributed by atoms with E-state index in [4.69, 9.17) is 0 Å². The molecule has 4 heteroatoms. The number of hydrogen-bond donors (Lipinski definition) is 0. The molecule has 0 N–H and O–H groups in total. The van der Waals surface area contributed by atoms with Crippen molar-refractivity contribution in [3.05, 3.63) is 17.5 Å². The zero-order valence-electron chi connectivity index (χ0n) is 12.9. The molecule has 0 aromatic carbocycles. The lowest BCUT2D eigenvalue weighted by Crippen LogP contribution is -2.34. The normalized spacial score (nSPS) is 22.8. The van der Waals surface area contributed by atoms with Gasteiger partial charge < -0.3 is 4.90 Å². The van der Waals surface area contributed by atoms with Crippen LogP contribution in [0.5, 0.6) is 0 Å². The Labute approximate surface area is 131 Å². The molecule has 3 rings (SSSR count). The first kappa shape index (κ1) is 15.7. The third-order valence-corrected chi connectivity index (χ3v) is 4.83. The van der Waals surface area contributed by atoms with Gasteiger partial charge in [0, 0.05) is 29.8 Å². The molecule has 3 nitrogen and oxygen atoms in total. The summed E-state index contributed by atoms with van der Waals surface area (Å²) in [6, 6.07) is 1.99. The fourth-order valence-electron chi connectivity index (χ4n) is 2.92. The van der Waals surface area contributed by atoms with Crippen LogP contribution in [0.4, 0.5) is 5.95 Å². The molecule has 2 aliphatic carbocycles. The largest absolute Gasteiger partial charge is 0.340 e. The van der Waals surface area contributed by atoms with E-state index in [1.54, 1.807) is 25.7 Å². The highest BCUT2D eigenvalue weighted by Gasteiger charge is 2.37. The second-order valence-corrected chi connectivity index (χ2v) is 6.69. The molecule has 0 unspecified atom stereocenters. The monoisotopic (exact) mass is 339 g/mol. The van der Waals surface area contributed by atoms with E-state index in [1.165, 1.54) is 11.8 Å². The fraction of sp³-hybridized carbons (Fsp3) is 0.750. The molecule has 0 saturated heterocycles. The summed E-state index contributed by atoms with van der Waals surface area (Å²) in [6.45, 7) is 8.00. The van der Waals surface area contributed by atoms with Gasteiger partial charge in [0.1, 0.15) is 0 Å². The summed E-state index contributed by atoms with van der Waals surface area (Å²) in [5, 5.41) is 0.942. The van der Waals surface area contributed by atoms with Crippen molar-refractivity contribution < 1.29 is 0 Å². The van der Waals surface area contributed by atoms with Crippen LogP contribution in [0, 0.1) is 25.7 Å². The quantitative estimate of drug-likeness (QED) is 0.772. The number of anilines is 1. The first-order chi connectivity index (χ1) is 9.63. The highest BCUT2D eigenvalue weighted by atomic mass is 79.9. The number of aryl methyl sites for hydroxylation is 2. The molecule has 2 aliphatic rings. The molecule has 0 atom stereocenters. The van der Waals surface area contributed by atoms with Crippen molar-refractivity contribution in [3.63, 3.8) is 0 Å². The Morgan fingerprint density at radius 2 is 1.60 bits per heavy atom. The summed E-state index contributed by atoms with van der Waals surface area (Å²) in [5.41, 5.74) is 2.06. The van der Waals surface area contributed by atoms with Crippen LogP contribution in [0.3, 0.4) is 0 Å². The molecule has 0 bridgehead atoms. The summed E-state index contributed by atoms with van der Waals surface area (Å²) in [7, 11) is 0. The van der Waals surface area contributed by atoms with Crippen LogP contribution < -0.4 is 4.90 Å². The van der Waals surface area contributed by atoms with E-state index in [2.05, 4.69) is 37.7 Å². The van der Waals surface area contributed by atoms with Gasteiger partial charge in [0.25, 0.3) is 0 Å². The van der Waals surface area contributed by atoms with E-state index in [0.717, 1.165) is 35.8 Å². The number of alkyl halides is 1. The lowest BCUT2D eigenvalue weighted by atomic mass is 9.60. The van der Waals surface area contributed by atoms with Crippen molar-refractivity contribution in [3.8, 4) is 0 Å². The molecule has 20 heavy (non-hydrogen) atoms. The maximum Gasteiger partial charge on any atom is 0.225 e. The standard InChI is InChI=1S/C10H16BrN3.C6H10/c1-4-14(6-5-11)10-12-8(2)7-9(3)13-10;1-2-6-4-3-5(1)6/h7H,4-6H2,1-3H3;5-6H,1-4H2. The summed E-state index contributed by atoms with van der Waals surface area (Å²) in [6.07, 6.45) is 6.24. The zero-order valence-corrected chi connectivity index (χ0v) is 14.5. The first-order valence-corrected chi connectivity index (χ1v) is 8.89.